The van der Waals surface area contributed by atoms with E-state index in [2.05, 4.69) is 90.7 Å². The number of benzene rings is 2. The van der Waals surface area contributed by atoms with E-state index in [0.717, 1.165) is 37.0 Å². The minimum Gasteiger partial charge on any atom is -0.342 e. The second-order valence-corrected chi connectivity index (χ2v) is 7.29. The predicted molar refractivity (Wildman–Crippen MR) is 117 cm³/mol. The molecule has 147 valence electrons. The lowest BCUT2D eigenvalue weighted by Gasteiger charge is -2.28. The molecule has 1 radical (unpaired) electrons. The van der Waals surface area contributed by atoms with E-state index in [1.807, 2.05) is 24.5 Å². The third-order valence-electron chi connectivity index (χ3n) is 5.21. The van der Waals surface area contributed by atoms with Gasteiger partial charge in [-0.25, -0.2) is 10.0 Å². The van der Waals surface area contributed by atoms with Crippen molar-refractivity contribution in [1.29, 1.82) is 0 Å². The van der Waals surface area contributed by atoms with Crippen molar-refractivity contribution in [2.24, 2.45) is 10.1 Å². The van der Waals surface area contributed by atoms with Gasteiger partial charge in [0.1, 0.15) is 0 Å². The summed E-state index contributed by atoms with van der Waals surface area (Å²) in [4.78, 5) is 6.77. The standard InChI is InChI=1S/C23H30N5/c1-5-24-22(25-18-27(4)6-2)28-17-23(3,20-15-11-8-12-16-20)21(26-28)19-13-9-7-10-14-19/h5,7-16H,6,17-18H2,1-4H3,(H,24,25)/t23-/m0/s1. The minimum atomic E-state index is -0.227. The molecule has 0 saturated heterocycles. The van der Waals surface area contributed by atoms with Gasteiger partial charge in [-0.15, -0.1) is 0 Å². The van der Waals surface area contributed by atoms with E-state index in [9.17, 15) is 0 Å². The molecule has 1 aliphatic rings. The van der Waals surface area contributed by atoms with Crippen molar-refractivity contribution in [3.63, 3.8) is 0 Å². The van der Waals surface area contributed by atoms with Crippen molar-refractivity contribution < 1.29 is 0 Å². The second-order valence-electron chi connectivity index (χ2n) is 7.29. The predicted octanol–water partition coefficient (Wildman–Crippen LogP) is 3.70. The van der Waals surface area contributed by atoms with Gasteiger partial charge in [-0.2, -0.15) is 5.10 Å². The zero-order valence-corrected chi connectivity index (χ0v) is 17.3. The first-order chi connectivity index (χ1) is 13.6. The number of nitrogens with zero attached hydrogens (tertiary/aromatic N) is 4. The molecule has 1 N–H and O–H groups in total. The molecule has 0 saturated carbocycles. The topological polar surface area (TPSA) is 43.2 Å². The summed E-state index contributed by atoms with van der Waals surface area (Å²) in [6, 6.07) is 21.0. The highest BCUT2D eigenvalue weighted by molar-refractivity contribution is 6.10. The molecule has 0 aromatic heterocycles. The molecule has 1 aliphatic heterocycles. The van der Waals surface area contributed by atoms with Gasteiger partial charge < -0.3 is 5.32 Å². The molecule has 1 atom stereocenters. The molecule has 28 heavy (non-hydrogen) atoms. The fourth-order valence-electron chi connectivity index (χ4n) is 3.41. The summed E-state index contributed by atoms with van der Waals surface area (Å²) in [6.07, 6.45) is 0. The number of guanidine groups is 1. The van der Waals surface area contributed by atoms with Crippen molar-refractivity contribution >= 4 is 11.7 Å². The van der Waals surface area contributed by atoms with Crippen molar-refractivity contribution in [2.45, 2.75) is 26.2 Å². The summed E-state index contributed by atoms with van der Waals surface area (Å²) < 4.78 is 0. The lowest BCUT2D eigenvalue weighted by molar-refractivity contribution is 0.330. The molecule has 0 spiro atoms. The first kappa shape index (κ1) is 20.1. The molecule has 0 unspecified atom stereocenters. The Balaban J connectivity index is 1.98. The van der Waals surface area contributed by atoms with Crippen LogP contribution < -0.4 is 5.32 Å². The zero-order valence-electron chi connectivity index (χ0n) is 17.3. The fraction of sp³-hybridized carbons (Fsp3) is 0.348. The lowest BCUT2D eigenvalue weighted by atomic mass is 9.76. The van der Waals surface area contributed by atoms with Crippen LogP contribution in [0.1, 0.15) is 31.9 Å². The van der Waals surface area contributed by atoms with Crippen LogP contribution in [-0.2, 0) is 5.41 Å². The maximum Gasteiger partial charge on any atom is 0.216 e. The Morgan fingerprint density at radius 2 is 1.82 bits per heavy atom. The van der Waals surface area contributed by atoms with Crippen LogP contribution in [0, 0.1) is 6.54 Å². The highest BCUT2D eigenvalue weighted by Gasteiger charge is 2.42. The van der Waals surface area contributed by atoms with E-state index < -0.39 is 0 Å². The first-order valence-corrected chi connectivity index (χ1v) is 9.84. The molecule has 2 aromatic carbocycles. The van der Waals surface area contributed by atoms with Crippen LogP contribution in [0.2, 0.25) is 0 Å². The van der Waals surface area contributed by atoms with Crippen LogP contribution in [0.4, 0.5) is 0 Å². The summed E-state index contributed by atoms with van der Waals surface area (Å²) in [5.74, 6) is 0.774. The Kier molecular flexibility index (Phi) is 6.47. The van der Waals surface area contributed by atoms with Crippen LogP contribution in [-0.4, -0.2) is 48.4 Å². The number of rotatable bonds is 6. The minimum absolute atomic E-state index is 0.227. The summed E-state index contributed by atoms with van der Waals surface area (Å²) in [5, 5.41) is 10.5. The van der Waals surface area contributed by atoms with Crippen LogP contribution in [0.15, 0.2) is 70.8 Å². The van der Waals surface area contributed by atoms with E-state index in [1.54, 1.807) is 0 Å². The molecule has 3 rings (SSSR count). The molecule has 0 amide bonds. The first-order valence-electron chi connectivity index (χ1n) is 9.84. The number of aliphatic imine (C=N–C) groups is 1. The average molecular weight is 377 g/mol. The van der Waals surface area contributed by atoms with E-state index >= 15 is 0 Å². The molecule has 1 heterocycles. The summed E-state index contributed by atoms with van der Waals surface area (Å²) in [6.45, 7) is 10.6. The van der Waals surface area contributed by atoms with Crippen molar-refractivity contribution in [2.75, 3.05) is 26.8 Å². The van der Waals surface area contributed by atoms with Crippen LogP contribution in [0.25, 0.3) is 0 Å². The SMILES string of the molecule is C[CH]N=C(NCN(C)CC)N1C[C@@](C)(c2ccccc2)C(c2ccccc2)=N1. The third-order valence-corrected chi connectivity index (χ3v) is 5.21. The summed E-state index contributed by atoms with van der Waals surface area (Å²) in [5.41, 5.74) is 3.23. The van der Waals surface area contributed by atoms with Crippen molar-refractivity contribution in [3.8, 4) is 0 Å². The molecule has 5 heteroatoms. The Morgan fingerprint density at radius 3 is 2.43 bits per heavy atom. The van der Waals surface area contributed by atoms with Crippen LogP contribution in [0.3, 0.4) is 0 Å². The number of nitrogens with one attached hydrogen (secondary N) is 1. The Hall–Kier alpha value is -2.66. The van der Waals surface area contributed by atoms with Gasteiger partial charge in [-0.05, 0) is 38.6 Å². The van der Waals surface area contributed by atoms with Gasteiger partial charge in [0.05, 0.1) is 30.9 Å². The maximum absolute atomic E-state index is 5.03. The third kappa shape index (κ3) is 4.25. The highest BCUT2D eigenvalue weighted by Crippen LogP contribution is 2.35. The monoisotopic (exact) mass is 376 g/mol. The molecule has 2 aromatic rings. The van der Waals surface area contributed by atoms with Crippen LogP contribution in [0.5, 0.6) is 0 Å². The smallest absolute Gasteiger partial charge is 0.216 e. The van der Waals surface area contributed by atoms with Crippen molar-refractivity contribution in [1.82, 2.24) is 15.2 Å². The average Bonchev–Trinajstić information content (AvgIpc) is 3.10. The van der Waals surface area contributed by atoms with Gasteiger partial charge in [0.15, 0.2) is 0 Å². The number of hydrogen-bond acceptors (Lipinski definition) is 3. The summed E-state index contributed by atoms with van der Waals surface area (Å²) in [7, 11) is 2.08. The molecule has 5 nitrogen and oxygen atoms in total. The van der Waals surface area contributed by atoms with E-state index in [4.69, 9.17) is 5.10 Å². The van der Waals surface area contributed by atoms with Gasteiger partial charge in [-0.1, -0.05) is 67.6 Å². The maximum atomic E-state index is 5.03. The van der Waals surface area contributed by atoms with Gasteiger partial charge in [0, 0.05) is 0 Å². The normalized spacial score (nSPS) is 19.8. The number of hydrazone groups is 1. The Labute approximate surface area is 168 Å². The Bertz CT molecular complexity index is 815. The van der Waals surface area contributed by atoms with Crippen LogP contribution >= 0.6 is 0 Å². The van der Waals surface area contributed by atoms with Gasteiger partial charge in [-0.3, -0.25) is 4.90 Å². The van der Waals surface area contributed by atoms with E-state index in [-0.39, 0.29) is 5.41 Å². The van der Waals surface area contributed by atoms with E-state index in [1.165, 1.54) is 5.56 Å². The fourth-order valence-corrected chi connectivity index (χ4v) is 3.41. The second kappa shape index (κ2) is 9.02. The molecule has 0 aliphatic carbocycles. The van der Waals surface area contributed by atoms with Gasteiger partial charge >= 0.3 is 0 Å². The Morgan fingerprint density at radius 1 is 1.18 bits per heavy atom. The van der Waals surface area contributed by atoms with E-state index in [0.29, 0.717) is 0 Å². The largest absolute Gasteiger partial charge is 0.342 e. The summed E-state index contributed by atoms with van der Waals surface area (Å²) >= 11 is 0. The molecule has 0 fully saturated rings. The molecule has 0 bridgehead atoms. The zero-order chi connectivity index (χ0) is 20.0. The van der Waals surface area contributed by atoms with Gasteiger partial charge in [0.25, 0.3) is 0 Å². The molecular weight excluding hydrogens is 346 g/mol. The highest BCUT2D eigenvalue weighted by atomic mass is 15.6. The van der Waals surface area contributed by atoms with Crippen molar-refractivity contribution in [3.05, 3.63) is 78.3 Å². The van der Waals surface area contributed by atoms with Gasteiger partial charge in [0.2, 0.25) is 5.96 Å². The molecular formula is C23H30N5. The number of hydrogen-bond donors (Lipinski definition) is 1. The quantitative estimate of drug-likeness (QED) is 0.475. The lowest BCUT2D eigenvalue weighted by Crippen LogP contribution is -2.45.